The average molecular weight is 229 g/mol. The Kier molecular flexibility index (Phi) is 7.49. The third kappa shape index (κ3) is 5.23. The SMILES string of the molecule is CCCCN(CCCC)C1CSCC[N]1. The molecule has 2 nitrogen and oxygen atoms in total. The largest absolute Gasteiger partial charge is 0.286 e. The molecular weight excluding hydrogens is 204 g/mol. The lowest BCUT2D eigenvalue weighted by atomic mass is 10.2. The summed E-state index contributed by atoms with van der Waals surface area (Å²) in [7, 11) is 0. The predicted octanol–water partition coefficient (Wildman–Crippen LogP) is 2.57. The van der Waals surface area contributed by atoms with Crippen molar-refractivity contribution in [1.29, 1.82) is 0 Å². The number of hydrogen-bond donors (Lipinski definition) is 0. The molecule has 3 heteroatoms. The van der Waals surface area contributed by atoms with E-state index in [2.05, 4.69) is 30.5 Å². The van der Waals surface area contributed by atoms with Gasteiger partial charge in [0.05, 0.1) is 6.17 Å². The number of unbranched alkanes of at least 4 members (excludes halogenated alkanes) is 2. The molecular formula is C12H25N2S. The Morgan fingerprint density at radius 1 is 1.20 bits per heavy atom. The molecule has 1 heterocycles. The van der Waals surface area contributed by atoms with Crippen LogP contribution in [0.4, 0.5) is 0 Å². The Labute approximate surface area is 99.2 Å². The van der Waals surface area contributed by atoms with Crippen LogP contribution < -0.4 is 5.32 Å². The molecule has 1 aliphatic heterocycles. The Balaban J connectivity index is 2.30. The van der Waals surface area contributed by atoms with Gasteiger partial charge < -0.3 is 0 Å². The first-order chi connectivity index (χ1) is 7.38. The second kappa shape index (κ2) is 8.43. The lowest BCUT2D eigenvalue weighted by molar-refractivity contribution is 0.173. The lowest BCUT2D eigenvalue weighted by Gasteiger charge is -2.33. The van der Waals surface area contributed by atoms with Crippen LogP contribution in [-0.4, -0.2) is 42.2 Å². The van der Waals surface area contributed by atoms with E-state index in [9.17, 15) is 0 Å². The Bertz CT molecular complexity index is 139. The maximum Gasteiger partial charge on any atom is 0.0852 e. The summed E-state index contributed by atoms with van der Waals surface area (Å²) in [6, 6.07) is 0. The molecule has 1 fully saturated rings. The van der Waals surface area contributed by atoms with Gasteiger partial charge in [0.2, 0.25) is 0 Å². The van der Waals surface area contributed by atoms with E-state index in [1.54, 1.807) is 0 Å². The molecule has 0 spiro atoms. The summed E-state index contributed by atoms with van der Waals surface area (Å²) in [5, 5.41) is 4.74. The van der Waals surface area contributed by atoms with Crippen molar-refractivity contribution in [3.05, 3.63) is 0 Å². The predicted molar refractivity (Wildman–Crippen MR) is 69.5 cm³/mol. The highest BCUT2D eigenvalue weighted by Gasteiger charge is 2.20. The average Bonchev–Trinajstić information content (AvgIpc) is 2.30. The molecule has 15 heavy (non-hydrogen) atoms. The first-order valence-electron chi connectivity index (χ1n) is 6.36. The number of rotatable bonds is 7. The third-order valence-electron chi connectivity index (χ3n) is 2.86. The minimum atomic E-state index is 0.516. The minimum Gasteiger partial charge on any atom is -0.286 e. The van der Waals surface area contributed by atoms with E-state index < -0.39 is 0 Å². The Morgan fingerprint density at radius 3 is 2.33 bits per heavy atom. The number of nitrogens with zero attached hydrogens (tertiary/aromatic N) is 2. The summed E-state index contributed by atoms with van der Waals surface area (Å²) in [5.41, 5.74) is 0. The number of hydrogen-bond acceptors (Lipinski definition) is 2. The molecule has 1 atom stereocenters. The fourth-order valence-corrected chi connectivity index (χ4v) is 2.79. The van der Waals surface area contributed by atoms with Crippen LogP contribution in [0.1, 0.15) is 39.5 Å². The van der Waals surface area contributed by atoms with Crippen LogP contribution in [-0.2, 0) is 0 Å². The van der Waals surface area contributed by atoms with Gasteiger partial charge in [-0.1, -0.05) is 26.7 Å². The van der Waals surface area contributed by atoms with Crippen LogP contribution >= 0.6 is 11.8 Å². The molecule has 0 bridgehead atoms. The molecule has 0 aromatic carbocycles. The second-order valence-corrected chi connectivity index (χ2v) is 5.35. The van der Waals surface area contributed by atoms with Crippen molar-refractivity contribution in [3.8, 4) is 0 Å². The molecule has 1 radical (unpaired) electrons. The van der Waals surface area contributed by atoms with Gasteiger partial charge in [0.15, 0.2) is 0 Å². The van der Waals surface area contributed by atoms with Gasteiger partial charge >= 0.3 is 0 Å². The van der Waals surface area contributed by atoms with Crippen LogP contribution in [0, 0.1) is 0 Å². The van der Waals surface area contributed by atoms with Gasteiger partial charge in [0, 0.05) is 18.1 Å². The van der Waals surface area contributed by atoms with Crippen molar-refractivity contribution in [2.75, 3.05) is 31.1 Å². The summed E-state index contributed by atoms with van der Waals surface area (Å²) in [6.07, 6.45) is 5.74. The van der Waals surface area contributed by atoms with Gasteiger partial charge in [-0.2, -0.15) is 11.8 Å². The standard InChI is InChI=1S/C12H25N2S/c1-3-5-8-14(9-6-4-2)12-11-15-10-7-13-12/h12H,3-11H2,1-2H3. The van der Waals surface area contributed by atoms with Gasteiger partial charge in [-0.25, -0.2) is 5.32 Å². The van der Waals surface area contributed by atoms with E-state index >= 15 is 0 Å². The molecule has 0 aromatic heterocycles. The summed E-state index contributed by atoms with van der Waals surface area (Å²) in [5.74, 6) is 2.44. The topological polar surface area (TPSA) is 17.3 Å². The quantitative estimate of drug-likeness (QED) is 0.667. The van der Waals surface area contributed by atoms with Gasteiger partial charge in [0.25, 0.3) is 0 Å². The van der Waals surface area contributed by atoms with Gasteiger partial charge in [-0.15, -0.1) is 0 Å². The lowest BCUT2D eigenvalue weighted by Crippen LogP contribution is -2.47. The first kappa shape index (κ1) is 13.3. The Morgan fingerprint density at radius 2 is 1.87 bits per heavy atom. The molecule has 0 N–H and O–H groups in total. The van der Waals surface area contributed by atoms with Gasteiger partial charge in [-0.3, -0.25) is 4.90 Å². The first-order valence-corrected chi connectivity index (χ1v) is 7.52. The maximum atomic E-state index is 4.74. The molecule has 0 aromatic rings. The highest BCUT2D eigenvalue weighted by Crippen LogP contribution is 2.14. The fraction of sp³-hybridized carbons (Fsp3) is 1.00. The molecule has 0 saturated carbocycles. The second-order valence-electron chi connectivity index (χ2n) is 4.20. The van der Waals surface area contributed by atoms with Crippen LogP contribution in [0.5, 0.6) is 0 Å². The number of thioether (sulfide) groups is 1. The van der Waals surface area contributed by atoms with Gasteiger partial charge in [0.1, 0.15) is 0 Å². The van der Waals surface area contributed by atoms with E-state index in [1.807, 2.05) is 0 Å². The third-order valence-corrected chi connectivity index (χ3v) is 3.87. The normalized spacial score (nSPS) is 22.2. The molecule has 1 rings (SSSR count). The molecule has 1 saturated heterocycles. The zero-order valence-corrected chi connectivity index (χ0v) is 11.1. The monoisotopic (exact) mass is 229 g/mol. The molecule has 89 valence electrons. The molecule has 0 amide bonds. The minimum absolute atomic E-state index is 0.516. The van der Waals surface area contributed by atoms with Gasteiger partial charge in [-0.05, 0) is 25.9 Å². The molecule has 0 aliphatic carbocycles. The highest BCUT2D eigenvalue weighted by atomic mass is 32.2. The maximum absolute atomic E-state index is 4.74. The highest BCUT2D eigenvalue weighted by molar-refractivity contribution is 7.99. The summed E-state index contributed by atoms with van der Waals surface area (Å²) >= 11 is 2.06. The van der Waals surface area contributed by atoms with Crippen molar-refractivity contribution < 1.29 is 0 Å². The van der Waals surface area contributed by atoms with E-state index in [0.717, 1.165) is 6.54 Å². The van der Waals surface area contributed by atoms with Crippen LogP contribution in [0.25, 0.3) is 0 Å². The zero-order chi connectivity index (χ0) is 10.9. The van der Waals surface area contributed by atoms with Crippen LogP contribution in [0.15, 0.2) is 0 Å². The van der Waals surface area contributed by atoms with Crippen molar-refractivity contribution in [1.82, 2.24) is 10.2 Å². The van der Waals surface area contributed by atoms with E-state index in [-0.39, 0.29) is 0 Å². The zero-order valence-electron chi connectivity index (χ0n) is 10.2. The van der Waals surface area contributed by atoms with E-state index in [4.69, 9.17) is 5.32 Å². The van der Waals surface area contributed by atoms with E-state index in [1.165, 1.54) is 50.3 Å². The van der Waals surface area contributed by atoms with E-state index in [0.29, 0.717) is 6.17 Å². The molecule has 1 unspecified atom stereocenters. The van der Waals surface area contributed by atoms with Crippen LogP contribution in [0.2, 0.25) is 0 Å². The van der Waals surface area contributed by atoms with Crippen molar-refractivity contribution >= 4 is 11.8 Å². The Hall–Kier alpha value is 0.270. The summed E-state index contributed by atoms with van der Waals surface area (Å²) in [6.45, 7) is 8.08. The summed E-state index contributed by atoms with van der Waals surface area (Å²) in [4.78, 5) is 2.60. The van der Waals surface area contributed by atoms with Crippen molar-refractivity contribution in [3.63, 3.8) is 0 Å². The summed E-state index contributed by atoms with van der Waals surface area (Å²) < 4.78 is 0. The fourth-order valence-electron chi connectivity index (χ4n) is 1.86. The van der Waals surface area contributed by atoms with Crippen molar-refractivity contribution in [2.45, 2.75) is 45.7 Å². The molecule has 1 aliphatic rings. The van der Waals surface area contributed by atoms with Crippen LogP contribution in [0.3, 0.4) is 0 Å². The smallest absolute Gasteiger partial charge is 0.0852 e. The van der Waals surface area contributed by atoms with Crippen molar-refractivity contribution in [2.24, 2.45) is 0 Å².